The fourth-order valence-electron chi connectivity index (χ4n) is 2.08. The van der Waals surface area contributed by atoms with Crippen LogP contribution in [-0.2, 0) is 12.7 Å². The summed E-state index contributed by atoms with van der Waals surface area (Å²) in [7, 11) is 1.27. The van der Waals surface area contributed by atoms with E-state index in [2.05, 4.69) is 5.10 Å². The van der Waals surface area contributed by atoms with Gasteiger partial charge in [0, 0.05) is 5.56 Å². The molecule has 0 bridgehead atoms. The number of aromatic nitrogens is 2. The fraction of sp³-hybridized carbons (Fsp3) is 0.308. The van der Waals surface area contributed by atoms with Gasteiger partial charge in [0.15, 0.2) is 0 Å². The Labute approximate surface area is 132 Å². The van der Waals surface area contributed by atoms with E-state index in [1.165, 1.54) is 13.2 Å². The number of alkyl halides is 3. The molecule has 24 heavy (non-hydrogen) atoms. The zero-order valence-electron chi connectivity index (χ0n) is 12.1. The van der Waals surface area contributed by atoms with Crippen molar-refractivity contribution in [1.82, 2.24) is 9.78 Å². The number of benzene rings is 1. The van der Waals surface area contributed by atoms with E-state index in [1.54, 1.807) is 0 Å². The molecule has 2 aromatic rings. The third-order valence-electron chi connectivity index (χ3n) is 3.12. The van der Waals surface area contributed by atoms with Crippen LogP contribution in [0.3, 0.4) is 0 Å². The number of methoxy groups -OCH3 is 1. The molecule has 0 saturated heterocycles. The van der Waals surface area contributed by atoms with Crippen molar-refractivity contribution in [1.29, 1.82) is 0 Å². The van der Waals surface area contributed by atoms with E-state index in [9.17, 15) is 32.8 Å². The molecule has 1 aromatic carbocycles. The summed E-state index contributed by atoms with van der Waals surface area (Å²) in [6.45, 7) is -0.559. The van der Waals surface area contributed by atoms with Gasteiger partial charge in [-0.3, -0.25) is 14.8 Å². The Morgan fingerprint density at radius 1 is 1.46 bits per heavy atom. The highest BCUT2D eigenvalue weighted by Gasteiger charge is 2.42. The van der Waals surface area contributed by atoms with Crippen LogP contribution in [0.15, 0.2) is 24.4 Å². The summed E-state index contributed by atoms with van der Waals surface area (Å²) < 4.78 is 57.0. The smallest absolute Gasteiger partial charge is 0.442 e. The van der Waals surface area contributed by atoms with E-state index in [1.807, 2.05) is 0 Å². The van der Waals surface area contributed by atoms with Gasteiger partial charge in [-0.25, -0.2) is 4.39 Å². The van der Waals surface area contributed by atoms with Crippen molar-refractivity contribution < 1.29 is 32.3 Å². The van der Waals surface area contributed by atoms with Crippen molar-refractivity contribution in [2.24, 2.45) is 0 Å². The number of hydrogen-bond donors (Lipinski definition) is 1. The van der Waals surface area contributed by atoms with Crippen LogP contribution in [-0.4, -0.2) is 26.9 Å². The van der Waals surface area contributed by atoms with Gasteiger partial charge in [-0.15, -0.1) is 0 Å². The average Bonchev–Trinajstić information content (AvgIpc) is 2.91. The molecule has 1 aromatic heterocycles. The minimum Gasteiger partial charge on any atom is -0.496 e. The normalized spacial score (nSPS) is 12.9. The quantitative estimate of drug-likeness (QED) is 0.509. The molecule has 11 heteroatoms. The molecule has 0 aliphatic carbocycles. The first kappa shape index (κ1) is 17.7. The zero-order chi connectivity index (χ0) is 18.1. The molecular weight excluding hydrogens is 338 g/mol. The highest BCUT2D eigenvalue weighted by atomic mass is 19.4. The Morgan fingerprint density at radius 3 is 2.62 bits per heavy atom. The van der Waals surface area contributed by atoms with Crippen molar-refractivity contribution >= 4 is 5.69 Å². The minimum absolute atomic E-state index is 0.0239. The Hall–Kier alpha value is -2.69. The molecule has 2 rings (SSSR count). The summed E-state index contributed by atoms with van der Waals surface area (Å²) in [5.41, 5.74) is -2.93. The lowest BCUT2D eigenvalue weighted by Crippen LogP contribution is -2.13. The topological polar surface area (TPSA) is 90.4 Å². The number of halogens is 4. The van der Waals surface area contributed by atoms with Gasteiger partial charge in [0.25, 0.3) is 0 Å². The largest absolute Gasteiger partial charge is 0.496 e. The Morgan fingerprint density at radius 2 is 2.12 bits per heavy atom. The number of rotatable bonds is 5. The Kier molecular flexibility index (Phi) is 4.73. The molecule has 0 amide bonds. The summed E-state index contributed by atoms with van der Waals surface area (Å²) in [5.74, 6) is -0.575. The first-order valence-corrected chi connectivity index (χ1v) is 6.44. The lowest BCUT2D eigenvalue weighted by Gasteiger charge is -2.14. The maximum Gasteiger partial charge on any atom is 0.442 e. The highest BCUT2D eigenvalue weighted by Crippen LogP contribution is 2.35. The summed E-state index contributed by atoms with van der Waals surface area (Å²) in [5, 5.41) is 23.9. The Bertz CT molecular complexity index is 760. The molecule has 1 N–H and O–H groups in total. The van der Waals surface area contributed by atoms with Gasteiger partial charge in [0.1, 0.15) is 23.9 Å². The van der Waals surface area contributed by atoms with Crippen LogP contribution in [0.1, 0.15) is 17.4 Å². The zero-order valence-corrected chi connectivity index (χ0v) is 12.1. The van der Waals surface area contributed by atoms with E-state index in [0.717, 1.165) is 12.1 Å². The molecule has 130 valence electrons. The third-order valence-corrected chi connectivity index (χ3v) is 3.12. The van der Waals surface area contributed by atoms with Gasteiger partial charge in [-0.2, -0.15) is 18.3 Å². The van der Waals surface area contributed by atoms with Crippen LogP contribution >= 0.6 is 0 Å². The number of ether oxygens (including phenoxy) is 1. The van der Waals surface area contributed by atoms with E-state index in [-0.39, 0.29) is 11.3 Å². The van der Waals surface area contributed by atoms with E-state index in [0.29, 0.717) is 10.9 Å². The third kappa shape index (κ3) is 3.62. The number of aliphatic hydroxyl groups is 1. The standard InChI is InChI=1S/C13H11F4N3O4/c1-24-11-3-2-7(14)4-8(11)10(21)6-19-5-9(20(22)23)12(18-19)13(15,16)17/h2-5,10,21H,6H2,1H3. The molecule has 0 saturated carbocycles. The summed E-state index contributed by atoms with van der Waals surface area (Å²) in [4.78, 5) is 9.48. The second kappa shape index (κ2) is 6.43. The lowest BCUT2D eigenvalue weighted by atomic mass is 10.1. The summed E-state index contributed by atoms with van der Waals surface area (Å²) in [6.07, 6.45) is -5.95. The van der Waals surface area contributed by atoms with E-state index in [4.69, 9.17) is 4.74 Å². The molecule has 0 fully saturated rings. The predicted octanol–water partition coefficient (Wildman–Crippen LogP) is 2.69. The maximum atomic E-state index is 13.3. The molecule has 1 heterocycles. The summed E-state index contributed by atoms with van der Waals surface area (Å²) >= 11 is 0. The molecule has 0 aliphatic rings. The minimum atomic E-state index is -5.02. The molecule has 1 atom stereocenters. The van der Waals surface area contributed by atoms with Crippen LogP contribution in [0.5, 0.6) is 5.75 Å². The van der Waals surface area contributed by atoms with Crippen LogP contribution in [0.2, 0.25) is 0 Å². The van der Waals surface area contributed by atoms with Crippen LogP contribution < -0.4 is 4.74 Å². The van der Waals surface area contributed by atoms with Crippen molar-refractivity contribution in [2.45, 2.75) is 18.8 Å². The van der Waals surface area contributed by atoms with Gasteiger partial charge in [0.05, 0.1) is 18.6 Å². The van der Waals surface area contributed by atoms with Gasteiger partial charge in [0.2, 0.25) is 5.69 Å². The van der Waals surface area contributed by atoms with E-state index < -0.39 is 40.9 Å². The SMILES string of the molecule is COc1ccc(F)cc1C(O)Cn1cc([N+](=O)[O-])c(C(F)(F)F)n1. The molecule has 7 nitrogen and oxygen atoms in total. The van der Waals surface area contributed by atoms with Gasteiger partial charge in [-0.05, 0) is 18.2 Å². The first-order chi connectivity index (χ1) is 11.1. The van der Waals surface area contributed by atoms with Gasteiger partial charge in [-0.1, -0.05) is 0 Å². The Balaban J connectivity index is 2.35. The average molecular weight is 349 g/mol. The van der Waals surface area contributed by atoms with Gasteiger partial charge >= 0.3 is 11.9 Å². The van der Waals surface area contributed by atoms with Gasteiger partial charge < -0.3 is 9.84 Å². The first-order valence-electron chi connectivity index (χ1n) is 6.44. The van der Waals surface area contributed by atoms with Crippen molar-refractivity contribution in [2.75, 3.05) is 7.11 Å². The van der Waals surface area contributed by atoms with Crippen molar-refractivity contribution in [3.8, 4) is 5.75 Å². The number of nitro groups is 1. The highest BCUT2D eigenvalue weighted by molar-refractivity contribution is 5.37. The number of aliphatic hydroxyl groups excluding tert-OH is 1. The molecule has 0 spiro atoms. The van der Waals surface area contributed by atoms with Crippen molar-refractivity contribution in [3.05, 3.63) is 51.6 Å². The number of hydrogen-bond acceptors (Lipinski definition) is 5. The van der Waals surface area contributed by atoms with Crippen molar-refractivity contribution in [3.63, 3.8) is 0 Å². The van der Waals surface area contributed by atoms with Crippen LogP contribution in [0.25, 0.3) is 0 Å². The molecule has 0 aliphatic heterocycles. The maximum absolute atomic E-state index is 13.3. The molecular formula is C13H11F4N3O4. The predicted molar refractivity (Wildman–Crippen MR) is 71.8 cm³/mol. The molecule has 0 radical (unpaired) electrons. The molecule has 1 unspecified atom stereocenters. The monoisotopic (exact) mass is 349 g/mol. The number of nitrogens with zero attached hydrogens (tertiary/aromatic N) is 3. The van der Waals surface area contributed by atoms with E-state index >= 15 is 0 Å². The van der Waals surface area contributed by atoms with Crippen LogP contribution in [0.4, 0.5) is 23.2 Å². The fourth-order valence-corrected chi connectivity index (χ4v) is 2.08. The second-order valence-electron chi connectivity index (χ2n) is 4.74. The van der Waals surface area contributed by atoms with Crippen LogP contribution in [0, 0.1) is 15.9 Å². The summed E-state index contributed by atoms with van der Waals surface area (Å²) in [6, 6.07) is 3.27. The second-order valence-corrected chi connectivity index (χ2v) is 4.74. The lowest BCUT2D eigenvalue weighted by molar-refractivity contribution is -0.388.